The molecular weight excluding hydrogens is 408 g/mol. The molecule has 8 heteroatoms. The van der Waals surface area contributed by atoms with Crippen molar-refractivity contribution in [2.75, 3.05) is 31.1 Å². The van der Waals surface area contributed by atoms with Crippen LogP contribution in [0, 0.1) is 0 Å². The molecule has 0 fully saturated rings. The van der Waals surface area contributed by atoms with Gasteiger partial charge in [-0.1, -0.05) is 31.5 Å². The molecule has 0 bridgehead atoms. The van der Waals surface area contributed by atoms with Gasteiger partial charge in [-0.25, -0.2) is 0 Å². The first-order valence-corrected chi connectivity index (χ1v) is 11.0. The normalized spacial score (nSPS) is 12.5. The predicted molar refractivity (Wildman–Crippen MR) is 122 cm³/mol. The van der Waals surface area contributed by atoms with Gasteiger partial charge in [-0.05, 0) is 55.2 Å². The number of benzene rings is 2. The zero-order chi connectivity index (χ0) is 22.8. The van der Waals surface area contributed by atoms with Crippen molar-refractivity contribution < 1.29 is 19.1 Å². The summed E-state index contributed by atoms with van der Waals surface area (Å²) >= 11 is 0. The van der Waals surface area contributed by atoms with E-state index in [1.165, 1.54) is 5.56 Å². The fourth-order valence-corrected chi connectivity index (χ4v) is 3.47. The SMILES string of the molecule is CCCCOc1ccc(C(=O)NCC(=O)NNC(=O)CN2CCCc3ccccc32)cc1. The Kier molecular flexibility index (Phi) is 8.48. The van der Waals surface area contributed by atoms with E-state index in [4.69, 9.17) is 4.74 Å². The van der Waals surface area contributed by atoms with Crippen LogP contribution in [0.25, 0.3) is 0 Å². The van der Waals surface area contributed by atoms with Crippen molar-refractivity contribution in [2.45, 2.75) is 32.6 Å². The van der Waals surface area contributed by atoms with Crippen LogP contribution in [0.3, 0.4) is 0 Å². The number of ether oxygens (including phenoxy) is 1. The van der Waals surface area contributed by atoms with E-state index in [9.17, 15) is 14.4 Å². The molecule has 0 spiro atoms. The van der Waals surface area contributed by atoms with Gasteiger partial charge in [0.15, 0.2) is 0 Å². The van der Waals surface area contributed by atoms with Crippen LogP contribution < -0.4 is 25.8 Å². The van der Waals surface area contributed by atoms with Gasteiger partial charge in [0.2, 0.25) is 0 Å². The standard InChI is InChI=1S/C24H30N4O4/c1-2-3-15-32-20-12-10-19(11-13-20)24(31)25-16-22(29)26-27-23(30)17-28-14-6-8-18-7-4-5-9-21(18)28/h4-5,7,9-13H,2-3,6,8,14-17H2,1H3,(H,25,31)(H,26,29)(H,27,30). The first-order valence-electron chi connectivity index (χ1n) is 11.0. The number of carbonyl (C=O) groups excluding carboxylic acids is 3. The molecule has 8 nitrogen and oxygen atoms in total. The number of nitrogens with one attached hydrogen (secondary N) is 3. The highest BCUT2D eigenvalue weighted by molar-refractivity contribution is 5.96. The fourth-order valence-electron chi connectivity index (χ4n) is 3.47. The van der Waals surface area contributed by atoms with Crippen molar-refractivity contribution in [1.82, 2.24) is 16.2 Å². The van der Waals surface area contributed by atoms with Crippen LogP contribution in [0.4, 0.5) is 5.69 Å². The summed E-state index contributed by atoms with van der Waals surface area (Å²) in [6, 6.07) is 14.8. The van der Waals surface area contributed by atoms with Gasteiger partial charge in [-0.3, -0.25) is 25.2 Å². The molecule has 1 heterocycles. The lowest BCUT2D eigenvalue weighted by molar-refractivity contribution is -0.127. The Morgan fingerprint density at radius 2 is 1.75 bits per heavy atom. The Balaban J connectivity index is 1.38. The van der Waals surface area contributed by atoms with E-state index in [1.807, 2.05) is 23.1 Å². The van der Waals surface area contributed by atoms with Crippen LogP contribution in [-0.4, -0.2) is 44.0 Å². The van der Waals surface area contributed by atoms with E-state index < -0.39 is 5.91 Å². The van der Waals surface area contributed by atoms with Crippen LogP contribution >= 0.6 is 0 Å². The molecule has 3 amide bonds. The maximum Gasteiger partial charge on any atom is 0.257 e. The zero-order valence-corrected chi connectivity index (χ0v) is 18.4. The Bertz CT molecular complexity index is 930. The number of anilines is 1. The third-order valence-corrected chi connectivity index (χ3v) is 5.17. The van der Waals surface area contributed by atoms with Gasteiger partial charge in [0.25, 0.3) is 17.7 Å². The summed E-state index contributed by atoms with van der Waals surface area (Å²) in [5.74, 6) is -0.506. The largest absolute Gasteiger partial charge is 0.494 e. The van der Waals surface area contributed by atoms with Crippen LogP contribution in [0.5, 0.6) is 5.75 Å². The molecule has 2 aromatic carbocycles. The second kappa shape index (κ2) is 11.7. The van der Waals surface area contributed by atoms with Crippen molar-refractivity contribution >= 4 is 23.4 Å². The molecule has 3 rings (SSSR count). The van der Waals surface area contributed by atoms with Crippen LogP contribution in [0.2, 0.25) is 0 Å². The molecule has 0 unspecified atom stereocenters. The highest BCUT2D eigenvalue weighted by atomic mass is 16.5. The molecule has 0 saturated heterocycles. The number of unbranched alkanes of at least 4 members (excludes halogenated alkanes) is 1. The van der Waals surface area contributed by atoms with Crippen LogP contribution in [0.15, 0.2) is 48.5 Å². The van der Waals surface area contributed by atoms with Gasteiger partial charge < -0.3 is 15.0 Å². The third kappa shape index (κ3) is 6.73. The molecule has 0 radical (unpaired) electrons. The average Bonchev–Trinajstić information content (AvgIpc) is 2.82. The Morgan fingerprint density at radius 1 is 1.00 bits per heavy atom. The number of para-hydroxylation sites is 1. The molecule has 1 aliphatic heterocycles. The number of hydrazine groups is 1. The van der Waals surface area contributed by atoms with Crippen molar-refractivity contribution in [1.29, 1.82) is 0 Å². The van der Waals surface area contributed by atoms with Gasteiger partial charge in [0, 0.05) is 17.8 Å². The molecule has 32 heavy (non-hydrogen) atoms. The van der Waals surface area contributed by atoms with Gasteiger partial charge in [-0.2, -0.15) is 0 Å². The topological polar surface area (TPSA) is 99.8 Å². The summed E-state index contributed by atoms with van der Waals surface area (Å²) in [5.41, 5.74) is 7.44. The van der Waals surface area contributed by atoms with E-state index in [2.05, 4.69) is 29.2 Å². The molecule has 1 aliphatic rings. The molecular formula is C24H30N4O4. The minimum Gasteiger partial charge on any atom is -0.494 e. The quantitative estimate of drug-likeness (QED) is 0.412. The minimum absolute atomic E-state index is 0.149. The average molecular weight is 439 g/mol. The fraction of sp³-hybridized carbons (Fsp3) is 0.375. The summed E-state index contributed by atoms with van der Waals surface area (Å²) in [4.78, 5) is 38.5. The van der Waals surface area contributed by atoms with Crippen molar-refractivity contribution in [2.24, 2.45) is 0 Å². The van der Waals surface area contributed by atoms with E-state index in [-0.39, 0.29) is 24.9 Å². The predicted octanol–water partition coefficient (Wildman–Crippen LogP) is 2.20. The van der Waals surface area contributed by atoms with Crippen molar-refractivity contribution in [3.63, 3.8) is 0 Å². The van der Waals surface area contributed by atoms with E-state index in [0.29, 0.717) is 17.9 Å². The molecule has 3 N–H and O–H groups in total. The highest BCUT2D eigenvalue weighted by Crippen LogP contribution is 2.26. The molecule has 0 aliphatic carbocycles. The van der Waals surface area contributed by atoms with Gasteiger partial charge >= 0.3 is 0 Å². The summed E-state index contributed by atoms with van der Waals surface area (Å²) < 4.78 is 5.57. The third-order valence-electron chi connectivity index (χ3n) is 5.17. The van der Waals surface area contributed by atoms with E-state index in [1.54, 1.807) is 24.3 Å². The highest BCUT2D eigenvalue weighted by Gasteiger charge is 2.19. The number of hydrogen-bond donors (Lipinski definition) is 3. The lowest BCUT2D eigenvalue weighted by Gasteiger charge is -2.30. The molecule has 0 aromatic heterocycles. The van der Waals surface area contributed by atoms with E-state index in [0.717, 1.165) is 37.9 Å². The lowest BCUT2D eigenvalue weighted by Crippen LogP contribution is -2.49. The molecule has 0 atom stereocenters. The first-order chi connectivity index (χ1) is 15.6. The zero-order valence-electron chi connectivity index (χ0n) is 18.4. The summed E-state index contributed by atoms with van der Waals surface area (Å²) in [5, 5.41) is 2.54. The molecule has 0 saturated carbocycles. The van der Waals surface area contributed by atoms with Crippen molar-refractivity contribution in [3.05, 3.63) is 59.7 Å². The van der Waals surface area contributed by atoms with Gasteiger partial charge in [0.1, 0.15) is 5.75 Å². The Hall–Kier alpha value is -3.55. The maximum absolute atomic E-state index is 12.2. The van der Waals surface area contributed by atoms with Crippen LogP contribution in [-0.2, 0) is 16.0 Å². The minimum atomic E-state index is -0.509. The summed E-state index contributed by atoms with van der Waals surface area (Å²) in [6.45, 7) is 3.41. The number of amides is 3. The van der Waals surface area contributed by atoms with Crippen molar-refractivity contribution in [3.8, 4) is 5.75 Å². The Morgan fingerprint density at radius 3 is 2.53 bits per heavy atom. The lowest BCUT2D eigenvalue weighted by atomic mass is 10.0. The number of fused-ring (bicyclic) bond motifs is 1. The van der Waals surface area contributed by atoms with Gasteiger partial charge in [-0.15, -0.1) is 0 Å². The smallest absolute Gasteiger partial charge is 0.257 e. The second-order valence-corrected chi connectivity index (χ2v) is 7.66. The number of aryl methyl sites for hydroxylation is 1. The van der Waals surface area contributed by atoms with Gasteiger partial charge in [0.05, 0.1) is 19.7 Å². The number of rotatable bonds is 9. The first kappa shape index (κ1) is 23.1. The number of nitrogens with zero attached hydrogens (tertiary/aromatic N) is 1. The monoisotopic (exact) mass is 438 g/mol. The summed E-state index contributed by atoms with van der Waals surface area (Å²) in [6.07, 6.45) is 4.00. The van der Waals surface area contributed by atoms with E-state index >= 15 is 0 Å². The maximum atomic E-state index is 12.2. The number of carbonyl (C=O) groups is 3. The summed E-state index contributed by atoms with van der Waals surface area (Å²) in [7, 11) is 0. The second-order valence-electron chi connectivity index (χ2n) is 7.66. The Labute approximate surface area is 188 Å². The molecule has 2 aromatic rings. The molecule has 170 valence electrons. The van der Waals surface area contributed by atoms with Crippen LogP contribution in [0.1, 0.15) is 42.1 Å². The number of hydrogen-bond acceptors (Lipinski definition) is 5.